The SMILES string of the molecule is Cc1n[nH]c(C)c1C(C)C(=O)N1CCC(CC(=O)O)c2ccccc21. The Kier molecular flexibility index (Phi) is 4.61. The van der Waals surface area contributed by atoms with E-state index in [1.165, 1.54) is 0 Å². The van der Waals surface area contributed by atoms with Crippen LogP contribution in [-0.4, -0.2) is 33.7 Å². The molecule has 6 heteroatoms. The van der Waals surface area contributed by atoms with Gasteiger partial charge < -0.3 is 10.0 Å². The Morgan fingerprint density at radius 1 is 1.36 bits per heavy atom. The second kappa shape index (κ2) is 6.70. The summed E-state index contributed by atoms with van der Waals surface area (Å²) in [6.07, 6.45) is 0.750. The topological polar surface area (TPSA) is 86.3 Å². The number of carbonyl (C=O) groups excluding carboxylic acids is 1. The molecule has 0 spiro atoms. The largest absolute Gasteiger partial charge is 0.481 e. The number of aromatic nitrogens is 2. The van der Waals surface area contributed by atoms with Gasteiger partial charge in [-0.15, -0.1) is 0 Å². The van der Waals surface area contributed by atoms with Crippen molar-refractivity contribution in [2.75, 3.05) is 11.4 Å². The molecule has 3 rings (SSSR count). The van der Waals surface area contributed by atoms with Crippen LogP contribution < -0.4 is 4.90 Å². The molecule has 1 amide bonds. The summed E-state index contributed by atoms with van der Waals surface area (Å²) in [7, 11) is 0. The highest BCUT2D eigenvalue weighted by Crippen LogP contribution is 2.38. The van der Waals surface area contributed by atoms with Crippen molar-refractivity contribution in [3.05, 3.63) is 46.8 Å². The molecule has 0 bridgehead atoms. The lowest BCUT2D eigenvalue weighted by atomic mass is 9.86. The van der Waals surface area contributed by atoms with Crippen LogP contribution in [0.2, 0.25) is 0 Å². The van der Waals surface area contributed by atoms with Crippen LogP contribution in [0, 0.1) is 13.8 Å². The zero-order valence-electron chi connectivity index (χ0n) is 14.7. The number of aryl methyl sites for hydroxylation is 2. The van der Waals surface area contributed by atoms with Crippen LogP contribution in [-0.2, 0) is 9.59 Å². The number of nitrogens with one attached hydrogen (secondary N) is 1. The molecule has 2 N–H and O–H groups in total. The van der Waals surface area contributed by atoms with E-state index in [2.05, 4.69) is 10.2 Å². The van der Waals surface area contributed by atoms with Gasteiger partial charge in [0.1, 0.15) is 0 Å². The maximum absolute atomic E-state index is 13.2. The van der Waals surface area contributed by atoms with E-state index in [-0.39, 0.29) is 24.2 Å². The average molecular weight is 341 g/mol. The van der Waals surface area contributed by atoms with Crippen LogP contribution in [0.1, 0.15) is 54.1 Å². The van der Waals surface area contributed by atoms with E-state index in [9.17, 15) is 9.59 Å². The molecule has 1 aliphatic rings. The van der Waals surface area contributed by atoms with Gasteiger partial charge >= 0.3 is 5.97 Å². The monoisotopic (exact) mass is 341 g/mol. The number of fused-ring (bicyclic) bond motifs is 1. The number of carboxylic acid groups (broad SMARTS) is 1. The molecule has 0 saturated heterocycles. The fourth-order valence-electron chi connectivity index (χ4n) is 3.85. The van der Waals surface area contributed by atoms with Gasteiger partial charge in [0.15, 0.2) is 0 Å². The summed E-state index contributed by atoms with van der Waals surface area (Å²) in [5, 5.41) is 16.3. The second-order valence-electron chi connectivity index (χ2n) is 6.70. The predicted octanol–water partition coefficient (Wildman–Crippen LogP) is 3.13. The highest BCUT2D eigenvalue weighted by Gasteiger charge is 2.33. The number of anilines is 1. The van der Waals surface area contributed by atoms with Crippen molar-refractivity contribution >= 4 is 17.6 Å². The third-order valence-electron chi connectivity index (χ3n) is 5.04. The molecule has 2 atom stereocenters. The Balaban J connectivity index is 1.92. The molecular weight excluding hydrogens is 318 g/mol. The maximum Gasteiger partial charge on any atom is 0.303 e. The van der Waals surface area contributed by atoms with Crippen molar-refractivity contribution in [3.63, 3.8) is 0 Å². The third-order valence-corrected chi connectivity index (χ3v) is 5.04. The minimum Gasteiger partial charge on any atom is -0.481 e. The minimum atomic E-state index is -0.808. The normalized spacial score (nSPS) is 17.9. The third kappa shape index (κ3) is 3.16. The first kappa shape index (κ1) is 17.2. The second-order valence-corrected chi connectivity index (χ2v) is 6.70. The summed E-state index contributed by atoms with van der Waals surface area (Å²) in [5.74, 6) is -1.14. The number of hydrogen-bond donors (Lipinski definition) is 2. The number of amides is 1. The van der Waals surface area contributed by atoms with Gasteiger partial charge in [-0.2, -0.15) is 5.10 Å². The summed E-state index contributed by atoms with van der Waals surface area (Å²) < 4.78 is 0. The smallest absolute Gasteiger partial charge is 0.303 e. The zero-order chi connectivity index (χ0) is 18.1. The number of para-hydroxylation sites is 1. The number of carboxylic acids is 1. The Morgan fingerprint density at radius 3 is 2.72 bits per heavy atom. The lowest BCUT2D eigenvalue weighted by molar-refractivity contribution is -0.137. The molecular formula is C19H23N3O3. The number of H-pyrrole nitrogens is 1. The summed E-state index contributed by atoms with van der Waals surface area (Å²) in [5.41, 5.74) is 4.46. The Morgan fingerprint density at radius 2 is 2.08 bits per heavy atom. The van der Waals surface area contributed by atoms with Crippen molar-refractivity contribution in [1.82, 2.24) is 10.2 Å². The van der Waals surface area contributed by atoms with Crippen molar-refractivity contribution in [2.45, 2.75) is 45.4 Å². The van der Waals surface area contributed by atoms with Gasteiger partial charge in [0, 0.05) is 23.5 Å². The van der Waals surface area contributed by atoms with Crippen molar-refractivity contribution in [3.8, 4) is 0 Å². The van der Waals surface area contributed by atoms with Crippen LogP contribution in [0.25, 0.3) is 0 Å². The van der Waals surface area contributed by atoms with Gasteiger partial charge in [-0.1, -0.05) is 18.2 Å². The standard InChI is InChI=1S/C19H23N3O3/c1-11(18-12(2)20-21-13(18)3)19(25)22-9-8-14(10-17(23)24)15-6-4-5-7-16(15)22/h4-7,11,14H,8-10H2,1-3H3,(H,20,21)(H,23,24). The summed E-state index contributed by atoms with van der Waals surface area (Å²) >= 11 is 0. The fourth-order valence-corrected chi connectivity index (χ4v) is 3.85. The number of carbonyl (C=O) groups is 2. The molecule has 0 saturated carbocycles. The van der Waals surface area contributed by atoms with E-state index >= 15 is 0 Å². The summed E-state index contributed by atoms with van der Waals surface area (Å²) in [4.78, 5) is 26.1. The van der Waals surface area contributed by atoms with Crippen molar-refractivity contribution < 1.29 is 14.7 Å². The molecule has 6 nitrogen and oxygen atoms in total. The van der Waals surface area contributed by atoms with Gasteiger partial charge in [0.2, 0.25) is 5.91 Å². The Hall–Kier alpha value is -2.63. The van der Waals surface area contributed by atoms with Crippen molar-refractivity contribution in [1.29, 1.82) is 0 Å². The quantitative estimate of drug-likeness (QED) is 0.894. The van der Waals surface area contributed by atoms with E-state index in [1.54, 1.807) is 4.90 Å². The molecule has 2 aromatic rings. The average Bonchev–Trinajstić information content (AvgIpc) is 2.92. The number of aromatic amines is 1. The lowest BCUT2D eigenvalue weighted by Crippen LogP contribution is -2.39. The molecule has 2 unspecified atom stereocenters. The van der Waals surface area contributed by atoms with Gasteiger partial charge in [-0.25, -0.2) is 0 Å². The summed E-state index contributed by atoms with van der Waals surface area (Å²) in [6.45, 7) is 6.26. The highest BCUT2D eigenvalue weighted by atomic mass is 16.4. The molecule has 2 heterocycles. The molecule has 0 radical (unpaired) electrons. The number of benzene rings is 1. The van der Waals surface area contributed by atoms with E-state index in [0.29, 0.717) is 13.0 Å². The van der Waals surface area contributed by atoms with Crippen LogP contribution >= 0.6 is 0 Å². The van der Waals surface area contributed by atoms with Gasteiger partial charge in [-0.3, -0.25) is 14.7 Å². The molecule has 25 heavy (non-hydrogen) atoms. The van der Waals surface area contributed by atoms with E-state index < -0.39 is 5.97 Å². The molecule has 132 valence electrons. The number of nitrogens with zero attached hydrogens (tertiary/aromatic N) is 2. The molecule has 1 aliphatic heterocycles. The van der Waals surface area contributed by atoms with Crippen LogP contribution in [0.15, 0.2) is 24.3 Å². The first-order valence-electron chi connectivity index (χ1n) is 8.53. The lowest BCUT2D eigenvalue weighted by Gasteiger charge is -2.35. The number of aliphatic carboxylic acids is 1. The maximum atomic E-state index is 13.2. The fraction of sp³-hybridized carbons (Fsp3) is 0.421. The van der Waals surface area contributed by atoms with Gasteiger partial charge in [0.05, 0.1) is 18.0 Å². The van der Waals surface area contributed by atoms with Crippen LogP contribution in [0.3, 0.4) is 0 Å². The molecule has 1 aromatic carbocycles. The Labute approximate surface area is 146 Å². The minimum absolute atomic E-state index is 0.0221. The molecule has 0 fully saturated rings. The van der Waals surface area contributed by atoms with Crippen LogP contribution in [0.4, 0.5) is 5.69 Å². The Bertz CT molecular complexity index is 792. The van der Waals surface area contributed by atoms with E-state index in [0.717, 1.165) is 28.2 Å². The summed E-state index contributed by atoms with van der Waals surface area (Å²) in [6, 6.07) is 7.63. The first-order valence-corrected chi connectivity index (χ1v) is 8.53. The van der Waals surface area contributed by atoms with Crippen LogP contribution in [0.5, 0.6) is 0 Å². The van der Waals surface area contributed by atoms with Gasteiger partial charge in [0.25, 0.3) is 0 Å². The number of hydrogen-bond acceptors (Lipinski definition) is 3. The first-order chi connectivity index (χ1) is 11.9. The highest BCUT2D eigenvalue weighted by molar-refractivity contribution is 5.99. The van der Waals surface area contributed by atoms with E-state index in [1.807, 2.05) is 45.0 Å². The zero-order valence-corrected chi connectivity index (χ0v) is 14.7. The van der Waals surface area contributed by atoms with E-state index in [4.69, 9.17) is 5.11 Å². The predicted molar refractivity (Wildman–Crippen MR) is 94.9 cm³/mol. The molecule has 1 aromatic heterocycles. The van der Waals surface area contributed by atoms with Gasteiger partial charge in [-0.05, 0) is 44.7 Å². The van der Waals surface area contributed by atoms with Crippen molar-refractivity contribution in [2.24, 2.45) is 0 Å². The number of rotatable bonds is 4. The molecule has 0 aliphatic carbocycles.